The summed E-state index contributed by atoms with van der Waals surface area (Å²) in [4.78, 5) is 12.2. The largest absolute Gasteiger partial charge is 0.348 e. The molecule has 0 aliphatic carbocycles. The SMILES string of the molecule is Cc1ccc(CNC(=O)c2cccc3nsnc23)cc1. The zero-order valence-corrected chi connectivity index (χ0v) is 11.8. The third kappa shape index (κ3) is 2.53. The maximum absolute atomic E-state index is 12.2. The molecule has 2 aromatic carbocycles. The van der Waals surface area contributed by atoms with Crippen molar-refractivity contribution in [3.05, 3.63) is 59.2 Å². The fraction of sp³-hybridized carbons (Fsp3) is 0.133. The van der Waals surface area contributed by atoms with Gasteiger partial charge in [-0.3, -0.25) is 4.79 Å². The third-order valence-corrected chi connectivity index (χ3v) is 3.65. The first kappa shape index (κ1) is 12.7. The third-order valence-electron chi connectivity index (χ3n) is 3.10. The molecular formula is C15H13N3OS. The van der Waals surface area contributed by atoms with E-state index in [-0.39, 0.29) is 5.91 Å². The summed E-state index contributed by atoms with van der Waals surface area (Å²) in [5.41, 5.74) is 4.28. The van der Waals surface area contributed by atoms with Crippen molar-refractivity contribution >= 4 is 28.7 Å². The molecule has 0 fully saturated rings. The van der Waals surface area contributed by atoms with Crippen LogP contribution in [0.5, 0.6) is 0 Å². The van der Waals surface area contributed by atoms with E-state index >= 15 is 0 Å². The first-order chi connectivity index (χ1) is 9.74. The molecule has 0 saturated carbocycles. The topological polar surface area (TPSA) is 54.9 Å². The predicted octanol–water partition coefficient (Wildman–Crippen LogP) is 2.93. The number of benzene rings is 2. The fourth-order valence-electron chi connectivity index (χ4n) is 1.97. The van der Waals surface area contributed by atoms with Crippen LogP contribution in [0.25, 0.3) is 11.0 Å². The Labute approximate surface area is 120 Å². The molecule has 100 valence electrons. The summed E-state index contributed by atoms with van der Waals surface area (Å²) < 4.78 is 8.32. The summed E-state index contributed by atoms with van der Waals surface area (Å²) in [5.74, 6) is -0.121. The van der Waals surface area contributed by atoms with Crippen LogP contribution in [0.4, 0.5) is 0 Å². The van der Waals surface area contributed by atoms with Crippen molar-refractivity contribution in [2.45, 2.75) is 13.5 Å². The van der Waals surface area contributed by atoms with Gasteiger partial charge in [0.2, 0.25) is 0 Å². The van der Waals surface area contributed by atoms with Crippen molar-refractivity contribution < 1.29 is 4.79 Å². The number of carbonyl (C=O) groups excluding carboxylic acids is 1. The number of aryl methyl sites for hydroxylation is 1. The van der Waals surface area contributed by atoms with Gasteiger partial charge in [-0.15, -0.1) is 0 Å². The first-order valence-electron chi connectivity index (χ1n) is 6.29. The maximum Gasteiger partial charge on any atom is 0.253 e. The summed E-state index contributed by atoms with van der Waals surface area (Å²) in [6, 6.07) is 13.6. The smallest absolute Gasteiger partial charge is 0.253 e. The molecular weight excluding hydrogens is 270 g/mol. The zero-order chi connectivity index (χ0) is 13.9. The van der Waals surface area contributed by atoms with Crippen LogP contribution in [-0.2, 0) is 6.54 Å². The first-order valence-corrected chi connectivity index (χ1v) is 7.02. The highest BCUT2D eigenvalue weighted by atomic mass is 32.1. The Hall–Kier alpha value is -2.27. The number of nitrogens with one attached hydrogen (secondary N) is 1. The molecule has 20 heavy (non-hydrogen) atoms. The Kier molecular flexibility index (Phi) is 3.43. The normalized spacial score (nSPS) is 10.7. The van der Waals surface area contributed by atoms with Crippen LogP contribution in [0, 0.1) is 6.92 Å². The van der Waals surface area contributed by atoms with Gasteiger partial charge in [0, 0.05) is 6.54 Å². The Morgan fingerprint density at radius 3 is 2.75 bits per heavy atom. The number of carbonyl (C=O) groups is 1. The summed E-state index contributed by atoms with van der Waals surface area (Å²) in [6.07, 6.45) is 0. The zero-order valence-electron chi connectivity index (χ0n) is 11.0. The van der Waals surface area contributed by atoms with E-state index in [9.17, 15) is 4.79 Å². The van der Waals surface area contributed by atoms with E-state index in [1.165, 1.54) is 5.56 Å². The molecule has 0 atom stereocenters. The van der Waals surface area contributed by atoms with Gasteiger partial charge >= 0.3 is 0 Å². The Bertz CT molecular complexity index is 749. The summed E-state index contributed by atoms with van der Waals surface area (Å²) in [6.45, 7) is 2.55. The molecule has 1 N–H and O–H groups in total. The van der Waals surface area contributed by atoms with Crippen LogP contribution in [-0.4, -0.2) is 14.7 Å². The van der Waals surface area contributed by atoms with E-state index in [0.29, 0.717) is 17.6 Å². The lowest BCUT2D eigenvalue weighted by molar-refractivity contribution is 0.0952. The molecule has 1 heterocycles. The summed E-state index contributed by atoms with van der Waals surface area (Å²) in [7, 11) is 0. The van der Waals surface area contributed by atoms with E-state index in [4.69, 9.17) is 0 Å². The summed E-state index contributed by atoms with van der Waals surface area (Å²) >= 11 is 1.12. The predicted molar refractivity (Wildman–Crippen MR) is 79.8 cm³/mol. The molecule has 1 amide bonds. The van der Waals surface area contributed by atoms with Crippen LogP contribution < -0.4 is 5.32 Å². The molecule has 0 spiro atoms. The number of amides is 1. The van der Waals surface area contributed by atoms with E-state index in [1.54, 1.807) is 6.07 Å². The molecule has 1 aromatic heterocycles. The van der Waals surface area contributed by atoms with Gasteiger partial charge in [-0.2, -0.15) is 8.75 Å². The second-order valence-corrected chi connectivity index (χ2v) is 5.13. The van der Waals surface area contributed by atoms with Gasteiger partial charge < -0.3 is 5.32 Å². The number of hydrogen-bond acceptors (Lipinski definition) is 4. The second kappa shape index (κ2) is 5.38. The molecule has 0 aliphatic rings. The maximum atomic E-state index is 12.2. The highest BCUT2D eigenvalue weighted by Crippen LogP contribution is 2.16. The van der Waals surface area contributed by atoms with Crippen LogP contribution in [0.3, 0.4) is 0 Å². The van der Waals surface area contributed by atoms with Crippen LogP contribution in [0.15, 0.2) is 42.5 Å². The monoisotopic (exact) mass is 283 g/mol. The Morgan fingerprint density at radius 1 is 1.15 bits per heavy atom. The van der Waals surface area contributed by atoms with Crippen LogP contribution in [0.2, 0.25) is 0 Å². The minimum Gasteiger partial charge on any atom is -0.348 e. The van der Waals surface area contributed by atoms with Gasteiger partial charge in [0.1, 0.15) is 11.0 Å². The van der Waals surface area contributed by atoms with Crippen molar-refractivity contribution in [2.24, 2.45) is 0 Å². The molecule has 4 nitrogen and oxygen atoms in total. The minimum atomic E-state index is -0.121. The lowest BCUT2D eigenvalue weighted by Crippen LogP contribution is -2.23. The molecule has 3 aromatic rings. The summed E-state index contributed by atoms with van der Waals surface area (Å²) in [5, 5.41) is 2.91. The lowest BCUT2D eigenvalue weighted by Gasteiger charge is -2.06. The number of nitrogens with zero attached hydrogens (tertiary/aromatic N) is 2. The highest BCUT2D eigenvalue weighted by molar-refractivity contribution is 7.00. The average Bonchev–Trinajstić information content (AvgIpc) is 2.94. The number of rotatable bonds is 3. The minimum absolute atomic E-state index is 0.121. The molecule has 5 heteroatoms. The van der Waals surface area contributed by atoms with Crippen molar-refractivity contribution in [1.82, 2.24) is 14.1 Å². The molecule has 3 rings (SSSR count). The van der Waals surface area contributed by atoms with Gasteiger partial charge in [0.15, 0.2) is 0 Å². The fourth-order valence-corrected chi connectivity index (χ4v) is 2.52. The van der Waals surface area contributed by atoms with E-state index in [1.807, 2.05) is 43.3 Å². The van der Waals surface area contributed by atoms with Crippen molar-refractivity contribution in [1.29, 1.82) is 0 Å². The molecule has 0 unspecified atom stereocenters. The molecule has 0 aliphatic heterocycles. The standard InChI is InChI=1S/C15H13N3OS/c1-10-5-7-11(8-6-10)9-16-15(19)12-3-2-4-13-14(12)18-20-17-13/h2-8H,9H2,1H3,(H,16,19). The quantitative estimate of drug-likeness (QED) is 0.804. The Balaban J connectivity index is 1.76. The van der Waals surface area contributed by atoms with Crippen molar-refractivity contribution in [3.8, 4) is 0 Å². The van der Waals surface area contributed by atoms with Crippen molar-refractivity contribution in [2.75, 3.05) is 0 Å². The van der Waals surface area contributed by atoms with E-state index in [2.05, 4.69) is 14.1 Å². The molecule has 0 bridgehead atoms. The van der Waals surface area contributed by atoms with Crippen LogP contribution in [0.1, 0.15) is 21.5 Å². The van der Waals surface area contributed by atoms with Crippen LogP contribution >= 0.6 is 11.7 Å². The van der Waals surface area contributed by atoms with Gasteiger partial charge in [-0.05, 0) is 24.6 Å². The number of hydrogen-bond donors (Lipinski definition) is 1. The molecule has 0 saturated heterocycles. The van der Waals surface area contributed by atoms with Gasteiger partial charge in [0.25, 0.3) is 5.91 Å². The highest BCUT2D eigenvalue weighted by Gasteiger charge is 2.12. The lowest BCUT2D eigenvalue weighted by atomic mass is 10.1. The van der Waals surface area contributed by atoms with E-state index in [0.717, 1.165) is 22.8 Å². The van der Waals surface area contributed by atoms with Gasteiger partial charge in [-0.25, -0.2) is 0 Å². The number of fused-ring (bicyclic) bond motifs is 1. The van der Waals surface area contributed by atoms with Crippen molar-refractivity contribution in [3.63, 3.8) is 0 Å². The van der Waals surface area contributed by atoms with E-state index < -0.39 is 0 Å². The Morgan fingerprint density at radius 2 is 1.95 bits per heavy atom. The average molecular weight is 283 g/mol. The number of aromatic nitrogens is 2. The second-order valence-electron chi connectivity index (χ2n) is 4.61. The molecule has 0 radical (unpaired) electrons. The van der Waals surface area contributed by atoms with Gasteiger partial charge in [-0.1, -0.05) is 35.9 Å². The van der Waals surface area contributed by atoms with Gasteiger partial charge in [0.05, 0.1) is 17.3 Å².